The number of aryl methyl sites for hydroxylation is 1. The zero-order chi connectivity index (χ0) is 23.3. The van der Waals surface area contributed by atoms with Crippen molar-refractivity contribution in [2.24, 2.45) is 0 Å². The summed E-state index contributed by atoms with van der Waals surface area (Å²) in [7, 11) is -1.11. The molecule has 0 spiro atoms. The number of aromatic nitrogens is 4. The molecule has 6 rings (SSSR count). The Bertz CT molecular complexity index is 1140. The number of nitrogens with zero attached hydrogens (tertiary/aromatic N) is 5. The van der Waals surface area contributed by atoms with Crippen molar-refractivity contribution in [3.63, 3.8) is 0 Å². The van der Waals surface area contributed by atoms with Gasteiger partial charge in [-0.15, -0.1) is 0 Å². The van der Waals surface area contributed by atoms with E-state index in [2.05, 4.69) is 26.3 Å². The Hall–Kier alpha value is -2.39. The second-order valence-corrected chi connectivity index (χ2v) is 11.7. The van der Waals surface area contributed by atoms with E-state index in [4.69, 9.17) is 9.97 Å². The Morgan fingerprint density at radius 1 is 1.18 bits per heavy atom. The maximum atomic E-state index is 12.9. The van der Waals surface area contributed by atoms with Crippen LogP contribution in [0.4, 0.5) is 11.8 Å². The van der Waals surface area contributed by atoms with Crippen molar-refractivity contribution in [1.82, 2.24) is 19.9 Å². The van der Waals surface area contributed by atoms with Gasteiger partial charge in [0, 0.05) is 31.2 Å². The van der Waals surface area contributed by atoms with Crippen molar-refractivity contribution in [2.45, 2.75) is 80.7 Å². The van der Waals surface area contributed by atoms with Gasteiger partial charge in [0.25, 0.3) is 0 Å². The summed E-state index contributed by atoms with van der Waals surface area (Å²) in [5, 5.41) is 14.0. The minimum absolute atomic E-state index is 0.389. The maximum absolute atomic E-state index is 12.9. The molecule has 2 aliphatic heterocycles. The Morgan fingerprint density at radius 2 is 1.97 bits per heavy atom. The monoisotopic (exact) mass is 480 g/mol. The molecule has 4 aliphatic rings. The first-order chi connectivity index (χ1) is 16.5. The summed E-state index contributed by atoms with van der Waals surface area (Å²) >= 11 is 0. The van der Waals surface area contributed by atoms with Gasteiger partial charge in [0.2, 0.25) is 5.95 Å². The second kappa shape index (κ2) is 8.68. The zero-order valence-corrected chi connectivity index (χ0v) is 20.5. The molecule has 9 heteroatoms. The molecular weight excluding hydrogens is 448 g/mol. The number of hydrogen-bond donors (Lipinski definition) is 2. The molecule has 0 radical (unpaired) electrons. The van der Waals surface area contributed by atoms with Crippen molar-refractivity contribution in [3.8, 4) is 0 Å². The van der Waals surface area contributed by atoms with Gasteiger partial charge in [-0.25, -0.2) is 15.0 Å². The van der Waals surface area contributed by atoms with Crippen molar-refractivity contribution >= 4 is 28.1 Å². The normalized spacial score (nSPS) is 24.6. The Balaban J connectivity index is 1.26. The quantitative estimate of drug-likeness (QED) is 0.650. The SMILES string of the molecule is C[C@H](O)C1(Nc2nc(N3CC=C(c4ncc(C5CC5)cn4)CC3)nc3c2[S@@](=O)CCC3)CCC1. The summed E-state index contributed by atoms with van der Waals surface area (Å²) in [5.74, 6) is 3.43. The van der Waals surface area contributed by atoms with Crippen molar-refractivity contribution < 1.29 is 9.32 Å². The van der Waals surface area contributed by atoms with Gasteiger partial charge in [0.15, 0.2) is 5.82 Å². The topological polar surface area (TPSA) is 104 Å². The highest BCUT2D eigenvalue weighted by Crippen LogP contribution is 2.41. The molecule has 0 aromatic carbocycles. The van der Waals surface area contributed by atoms with Crippen molar-refractivity contribution in [2.75, 3.05) is 29.1 Å². The fourth-order valence-corrected chi connectivity index (χ4v) is 6.55. The predicted molar refractivity (Wildman–Crippen MR) is 132 cm³/mol. The molecule has 2 aliphatic carbocycles. The standard InChI is InChI=1S/C25H32N6O2S/c1-16(32)25(9-3-10-25)30-23-21-20(4-2-13-34(21)33)28-24(29-23)31-11-7-18(8-12-31)22-26-14-19(15-27-22)17-5-6-17/h7,14-17,32H,2-6,8-13H2,1H3,(H,28,29,30)/t16-,34-/m0/s1. The van der Waals surface area contributed by atoms with Gasteiger partial charge in [0.1, 0.15) is 10.7 Å². The van der Waals surface area contributed by atoms with Crippen molar-refractivity contribution in [1.29, 1.82) is 0 Å². The molecule has 8 nitrogen and oxygen atoms in total. The average Bonchev–Trinajstić information content (AvgIpc) is 3.67. The van der Waals surface area contributed by atoms with Gasteiger partial charge in [-0.3, -0.25) is 4.21 Å². The lowest BCUT2D eigenvalue weighted by Crippen LogP contribution is -2.54. The molecule has 0 saturated heterocycles. The molecule has 4 heterocycles. The fraction of sp³-hybridized carbons (Fsp3) is 0.600. The highest BCUT2D eigenvalue weighted by atomic mass is 32.2. The summed E-state index contributed by atoms with van der Waals surface area (Å²) in [6.45, 7) is 3.29. The fourth-order valence-electron chi connectivity index (χ4n) is 5.22. The van der Waals surface area contributed by atoms with Gasteiger partial charge in [-0.05, 0) is 75.3 Å². The highest BCUT2D eigenvalue weighted by Gasteiger charge is 2.43. The van der Waals surface area contributed by atoms with E-state index in [-0.39, 0.29) is 5.54 Å². The van der Waals surface area contributed by atoms with Crippen LogP contribution in [0.1, 0.15) is 74.9 Å². The second-order valence-electron chi connectivity index (χ2n) is 10.2. The molecule has 0 unspecified atom stereocenters. The summed E-state index contributed by atoms with van der Waals surface area (Å²) in [5.41, 5.74) is 2.91. The van der Waals surface area contributed by atoms with Crippen LogP contribution >= 0.6 is 0 Å². The summed E-state index contributed by atoms with van der Waals surface area (Å²) in [4.78, 5) is 21.9. The number of aliphatic hydroxyl groups excluding tert-OH is 1. The van der Waals surface area contributed by atoms with E-state index < -0.39 is 16.9 Å². The van der Waals surface area contributed by atoms with Gasteiger partial charge >= 0.3 is 0 Å². The Labute approximate surface area is 202 Å². The zero-order valence-electron chi connectivity index (χ0n) is 19.7. The van der Waals surface area contributed by atoms with Crippen LogP contribution in [0.2, 0.25) is 0 Å². The molecule has 0 amide bonds. The third-order valence-corrected chi connectivity index (χ3v) is 9.35. The van der Waals surface area contributed by atoms with E-state index in [0.29, 0.717) is 30.0 Å². The van der Waals surface area contributed by atoms with E-state index in [1.807, 2.05) is 19.3 Å². The number of nitrogens with one attached hydrogen (secondary N) is 1. The first kappa shape index (κ1) is 22.1. The van der Waals surface area contributed by atoms with Gasteiger partial charge < -0.3 is 15.3 Å². The van der Waals surface area contributed by atoms with E-state index in [9.17, 15) is 9.32 Å². The first-order valence-corrected chi connectivity index (χ1v) is 13.9. The summed E-state index contributed by atoms with van der Waals surface area (Å²) in [6.07, 6.45) is 13.5. The number of rotatable bonds is 6. The number of anilines is 2. The Kier molecular flexibility index (Phi) is 5.64. The van der Waals surface area contributed by atoms with E-state index in [1.165, 1.54) is 24.0 Å². The number of aliphatic hydroxyl groups is 1. The lowest BCUT2D eigenvalue weighted by molar-refractivity contribution is 0.0631. The lowest BCUT2D eigenvalue weighted by atomic mass is 9.73. The van der Waals surface area contributed by atoms with Crippen LogP contribution in [0, 0.1) is 0 Å². The molecule has 2 saturated carbocycles. The largest absolute Gasteiger partial charge is 0.391 e. The summed E-state index contributed by atoms with van der Waals surface area (Å²) < 4.78 is 12.9. The minimum Gasteiger partial charge on any atom is -0.391 e. The molecule has 2 aromatic rings. The predicted octanol–water partition coefficient (Wildman–Crippen LogP) is 3.21. The van der Waals surface area contributed by atoms with Crippen LogP contribution in [-0.2, 0) is 17.2 Å². The lowest BCUT2D eigenvalue weighted by Gasteiger charge is -2.45. The van der Waals surface area contributed by atoms with E-state index >= 15 is 0 Å². The maximum Gasteiger partial charge on any atom is 0.227 e. The van der Waals surface area contributed by atoms with E-state index in [1.54, 1.807) is 0 Å². The molecule has 34 heavy (non-hydrogen) atoms. The van der Waals surface area contributed by atoms with Crippen LogP contribution in [0.15, 0.2) is 23.4 Å². The van der Waals surface area contributed by atoms with Crippen LogP contribution in [0.3, 0.4) is 0 Å². The number of hydrogen-bond acceptors (Lipinski definition) is 8. The molecule has 0 bridgehead atoms. The number of fused-ring (bicyclic) bond motifs is 1. The van der Waals surface area contributed by atoms with Gasteiger partial charge in [-0.2, -0.15) is 4.98 Å². The van der Waals surface area contributed by atoms with Crippen LogP contribution in [0.25, 0.3) is 5.57 Å². The smallest absolute Gasteiger partial charge is 0.227 e. The van der Waals surface area contributed by atoms with E-state index in [0.717, 1.165) is 61.5 Å². The highest BCUT2D eigenvalue weighted by molar-refractivity contribution is 7.85. The molecule has 2 fully saturated rings. The summed E-state index contributed by atoms with van der Waals surface area (Å²) in [6, 6.07) is 0. The van der Waals surface area contributed by atoms with Crippen molar-refractivity contribution in [3.05, 3.63) is 35.6 Å². The third kappa shape index (κ3) is 4.02. The average molecular weight is 481 g/mol. The van der Waals surface area contributed by atoms with Crippen LogP contribution in [-0.4, -0.2) is 59.7 Å². The molecule has 2 atom stereocenters. The molecule has 180 valence electrons. The molecule has 2 aromatic heterocycles. The molecular formula is C25H32N6O2S. The minimum atomic E-state index is -1.11. The van der Waals surface area contributed by atoms with Gasteiger partial charge in [-0.1, -0.05) is 6.08 Å². The third-order valence-electron chi connectivity index (χ3n) is 7.81. The Morgan fingerprint density at radius 3 is 2.59 bits per heavy atom. The van der Waals surface area contributed by atoms with Crippen LogP contribution < -0.4 is 10.2 Å². The first-order valence-electron chi connectivity index (χ1n) is 12.5. The van der Waals surface area contributed by atoms with Crippen LogP contribution in [0.5, 0.6) is 0 Å². The molecule has 2 N–H and O–H groups in total. The van der Waals surface area contributed by atoms with Gasteiger partial charge in [0.05, 0.1) is 28.1 Å².